The highest BCUT2D eigenvalue weighted by molar-refractivity contribution is 9.10. The third-order valence-electron chi connectivity index (χ3n) is 4.44. The molecule has 3 rings (SSSR count). The molecular weight excluding hydrogens is 398 g/mol. The molecule has 1 unspecified atom stereocenters. The van der Waals surface area contributed by atoms with Gasteiger partial charge in [-0.15, -0.1) is 0 Å². The SMILES string of the molecule is O=C(CNC(=O)c1cccc(Br)c1)NCC(c1ccco1)N1CCCC1. The van der Waals surface area contributed by atoms with Crippen LogP contribution in [-0.4, -0.2) is 42.9 Å². The van der Waals surface area contributed by atoms with Crippen molar-refractivity contribution < 1.29 is 14.0 Å². The summed E-state index contributed by atoms with van der Waals surface area (Å²) in [6, 6.07) is 10.9. The van der Waals surface area contributed by atoms with Crippen molar-refractivity contribution in [3.8, 4) is 0 Å². The average Bonchev–Trinajstić information content (AvgIpc) is 3.34. The lowest BCUT2D eigenvalue weighted by molar-refractivity contribution is -0.120. The predicted octanol–water partition coefficient (Wildman–Crippen LogP) is 2.73. The maximum Gasteiger partial charge on any atom is 0.251 e. The van der Waals surface area contributed by atoms with E-state index in [-0.39, 0.29) is 24.4 Å². The minimum atomic E-state index is -0.274. The van der Waals surface area contributed by atoms with Crippen LogP contribution in [0.5, 0.6) is 0 Å². The molecule has 2 aromatic rings. The number of halogens is 1. The fourth-order valence-electron chi connectivity index (χ4n) is 3.11. The number of hydrogen-bond acceptors (Lipinski definition) is 4. The van der Waals surface area contributed by atoms with E-state index in [2.05, 4.69) is 31.5 Å². The minimum Gasteiger partial charge on any atom is -0.468 e. The maximum absolute atomic E-state index is 12.2. The highest BCUT2D eigenvalue weighted by Crippen LogP contribution is 2.24. The first-order chi connectivity index (χ1) is 12.6. The molecule has 1 fully saturated rings. The average molecular weight is 420 g/mol. The van der Waals surface area contributed by atoms with Crippen LogP contribution >= 0.6 is 15.9 Å². The van der Waals surface area contributed by atoms with Crippen molar-refractivity contribution in [2.24, 2.45) is 0 Å². The molecule has 0 aliphatic carbocycles. The lowest BCUT2D eigenvalue weighted by atomic mass is 10.2. The lowest BCUT2D eigenvalue weighted by Gasteiger charge is -2.26. The van der Waals surface area contributed by atoms with Gasteiger partial charge in [-0.05, 0) is 56.3 Å². The molecule has 26 heavy (non-hydrogen) atoms. The van der Waals surface area contributed by atoms with E-state index >= 15 is 0 Å². The third-order valence-corrected chi connectivity index (χ3v) is 4.94. The van der Waals surface area contributed by atoms with Crippen LogP contribution in [0.15, 0.2) is 51.6 Å². The van der Waals surface area contributed by atoms with Gasteiger partial charge in [0, 0.05) is 16.6 Å². The van der Waals surface area contributed by atoms with Gasteiger partial charge in [0.05, 0.1) is 18.8 Å². The smallest absolute Gasteiger partial charge is 0.251 e. The van der Waals surface area contributed by atoms with E-state index in [4.69, 9.17) is 4.42 Å². The highest BCUT2D eigenvalue weighted by atomic mass is 79.9. The summed E-state index contributed by atoms with van der Waals surface area (Å²) in [6.45, 7) is 2.40. The molecule has 1 atom stereocenters. The Kier molecular flexibility index (Phi) is 6.46. The number of benzene rings is 1. The molecular formula is C19H22BrN3O3. The van der Waals surface area contributed by atoms with Gasteiger partial charge in [-0.2, -0.15) is 0 Å². The van der Waals surface area contributed by atoms with Crippen LogP contribution in [0.25, 0.3) is 0 Å². The highest BCUT2D eigenvalue weighted by Gasteiger charge is 2.25. The van der Waals surface area contributed by atoms with E-state index in [9.17, 15) is 9.59 Å². The van der Waals surface area contributed by atoms with Gasteiger partial charge in [0.15, 0.2) is 0 Å². The number of furan rings is 1. The van der Waals surface area contributed by atoms with Crippen molar-refractivity contribution >= 4 is 27.7 Å². The molecule has 0 saturated carbocycles. The van der Waals surface area contributed by atoms with Gasteiger partial charge in [0.2, 0.25) is 5.91 Å². The molecule has 1 aliphatic heterocycles. The van der Waals surface area contributed by atoms with Gasteiger partial charge in [0.1, 0.15) is 5.76 Å². The molecule has 1 aliphatic rings. The summed E-state index contributed by atoms with van der Waals surface area (Å²) < 4.78 is 6.36. The second kappa shape index (κ2) is 9.00. The van der Waals surface area contributed by atoms with Crippen molar-refractivity contribution in [2.75, 3.05) is 26.2 Å². The quantitative estimate of drug-likeness (QED) is 0.723. The molecule has 7 heteroatoms. The number of nitrogens with one attached hydrogen (secondary N) is 2. The molecule has 6 nitrogen and oxygen atoms in total. The Bertz CT molecular complexity index is 742. The van der Waals surface area contributed by atoms with E-state index in [0.29, 0.717) is 12.1 Å². The molecule has 138 valence electrons. The Labute approximate surface area is 161 Å². The molecule has 0 radical (unpaired) electrons. The standard InChI is InChI=1S/C19H22BrN3O3/c20-15-6-3-5-14(11-15)19(25)22-13-18(24)21-12-16(17-7-4-10-26-17)23-8-1-2-9-23/h3-7,10-11,16H,1-2,8-9,12-13H2,(H,21,24)(H,22,25). The number of carbonyl (C=O) groups excluding carboxylic acids is 2. The number of amides is 2. The first kappa shape index (κ1) is 18.7. The summed E-state index contributed by atoms with van der Waals surface area (Å²) in [5.41, 5.74) is 0.512. The fraction of sp³-hybridized carbons (Fsp3) is 0.368. The zero-order valence-corrected chi connectivity index (χ0v) is 16.0. The van der Waals surface area contributed by atoms with Gasteiger partial charge >= 0.3 is 0 Å². The molecule has 1 saturated heterocycles. The summed E-state index contributed by atoms with van der Waals surface area (Å²) in [5, 5.41) is 5.55. The Morgan fingerprint density at radius 1 is 1.15 bits per heavy atom. The molecule has 2 N–H and O–H groups in total. The number of carbonyl (C=O) groups is 2. The van der Waals surface area contributed by atoms with Crippen molar-refractivity contribution in [1.82, 2.24) is 15.5 Å². The van der Waals surface area contributed by atoms with Crippen LogP contribution in [0.2, 0.25) is 0 Å². The number of rotatable bonds is 7. The summed E-state index contributed by atoms with van der Waals surface area (Å²) >= 11 is 3.33. The molecule has 2 heterocycles. The molecule has 2 amide bonds. The van der Waals surface area contributed by atoms with Gasteiger partial charge in [0.25, 0.3) is 5.91 Å². The Balaban J connectivity index is 1.50. The lowest BCUT2D eigenvalue weighted by Crippen LogP contribution is -2.41. The zero-order valence-electron chi connectivity index (χ0n) is 14.4. The first-order valence-corrected chi connectivity index (χ1v) is 9.51. The summed E-state index contributed by atoms with van der Waals surface area (Å²) in [6.07, 6.45) is 3.97. The second-order valence-electron chi connectivity index (χ2n) is 6.27. The third kappa shape index (κ3) is 4.95. The van der Waals surface area contributed by atoms with E-state index in [1.807, 2.05) is 18.2 Å². The fourth-order valence-corrected chi connectivity index (χ4v) is 3.51. The van der Waals surface area contributed by atoms with Crippen molar-refractivity contribution in [3.05, 3.63) is 58.5 Å². The van der Waals surface area contributed by atoms with Crippen LogP contribution < -0.4 is 10.6 Å². The molecule has 1 aromatic carbocycles. The minimum absolute atomic E-state index is 0.0252. The van der Waals surface area contributed by atoms with Crippen LogP contribution in [-0.2, 0) is 4.79 Å². The number of hydrogen-bond donors (Lipinski definition) is 2. The van der Waals surface area contributed by atoms with E-state index in [0.717, 1.165) is 36.2 Å². The molecule has 1 aromatic heterocycles. The largest absolute Gasteiger partial charge is 0.468 e. The van der Waals surface area contributed by atoms with Gasteiger partial charge in [-0.3, -0.25) is 14.5 Å². The van der Waals surface area contributed by atoms with E-state index in [1.54, 1.807) is 24.5 Å². The van der Waals surface area contributed by atoms with E-state index in [1.165, 1.54) is 0 Å². The van der Waals surface area contributed by atoms with Gasteiger partial charge < -0.3 is 15.1 Å². The summed E-state index contributed by atoms with van der Waals surface area (Å²) in [7, 11) is 0. The van der Waals surface area contributed by atoms with Crippen molar-refractivity contribution in [3.63, 3.8) is 0 Å². The normalized spacial score (nSPS) is 15.6. The Morgan fingerprint density at radius 2 is 1.96 bits per heavy atom. The maximum atomic E-state index is 12.2. The zero-order chi connectivity index (χ0) is 18.4. The van der Waals surface area contributed by atoms with Crippen molar-refractivity contribution in [1.29, 1.82) is 0 Å². The molecule has 0 spiro atoms. The van der Waals surface area contributed by atoms with Crippen LogP contribution in [0, 0.1) is 0 Å². The van der Waals surface area contributed by atoms with Gasteiger partial charge in [-0.25, -0.2) is 0 Å². The summed E-state index contributed by atoms with van der Waals surface area (Å²) in [4.78, 5) is 26.6. The second-order valence-corrected chi connectivity index (χ2v) is 7.19. The van der Waals surface area contributed by atoms with Crippen LogP contribution in [0.3, 0.4) is 0 Å². The number of likely N-dealkylation sites (tertiary alicyclic amines) is 1. The monoisotopic (exact) mass is 419 g/mol. The Morgan fingerprint density at radius 3 is 2.65 bits per heavy atom. The summed E-state index contributed by atoms with van der Waals surface area (Å²) in [5.74, 6) is 0.359. The van der Waals surface area contributed by atoms with Gasteiger partial charge in [-0.1, -0.05) is 22.0 Å². The topological polar surface area (TPSA) is 74.6 Å². The number of nitrogens with zero attached hydrogens (tertiary/aromatic N) is 1. The van der Waals surface area contributed by atoms with Crippen molar-refractivity contribution in [2.45, 2.75) is 18.9 Å². The predicted molar refractivity (Wildman–Crippen MR) is 102 cm³/mol. The van der Waals surface area contributed by atoms with E-state index < -0.39 is 0 Å². The molecule has 0 bridgehead atoms. The first-order valence-electron chi connectivity index (χ1n) is 8.71. The van der Waals surface area contributed by atoms with Crippen LogP contribution in [0.1, 0.15) is 35.0 Å². The van der Waals surface area contributed by atoms with Crippen LogP contribution in [0.4, 0.5) is 0 Å². The Hall–Kier alpha value is -2.12.